The summed E-state index contributed by atoms with van der Waals surface area (Å²) in [6.07, 6.45) is 5.94. The van der Waals surface area contributed by atoms with Gasteiger partial charge in [0.25, 0.3) is 11.5 Å². The van der Waals surface area contributed by atoms with Crippen molar-refractivity contribution < 1.29 is 14.0 Å². The highest BCUT2D eigenvalue weighted by Gasteiger charge is 2.35. The van der Waals surface area contributed by atoms with Gasteiger partial charge in [0, 0.05) is 44.1 Å². The monoisotopic (exact) mass is 438 g/mol. The van der Waals surface area contributed by atoms with Crippen molar-refractivity contribution in [2.24, 2.45) is 5.92 Å². The van der Waals surface area contributed by atoms with Gasteiger partial charge in [0.05, 0.1) is 11.3 Å². The summed E-state index contributed by atoms with van der Waals surface area (Å²) in [6.45, 7) is 1.82. The van der Waals surface area contributed by atoms with Crippen LogP contribution in [0.2, 0.25) is 0 Å². The molecule has 1 aliphatic heterocycles. The summed E-state index contributed by atoms with van der Waals surface area (Å²) in [5.41, 5.74) is 3.29. The number of hydrogen-bond donors (Lipinski definition) is 1. The lowest BCUT2D eigenvalue weighted by Crippen LogP contribution is -2.51. The number of aromatic nitrogens is 2. The molecule has 0 atom stereocenters. The van der Waals surface area contributed by atoms with Crippen LogP contribution < -0.4 is 5.56 Å². The van der Waals surface area contributed by atoms with Crippen LogP contribution in [0.1, 0.15) is 58.4 Å². The third-order valence-electron chi connectivity index (χ3n) is 6.82. The Bertz CT molecular complexity index is 1120. The van der Waals surface area contributed by atoms with Gasteiger partial charge in [-0.1, -0.05) is 6.07 Å². The number of piperazine rings is 1. The number of benzene rings is 1. The molecule has 32 heavy (non-hydrogen) atoms. The van der Waals surface area contributed by atoms with Crippen LogP contribution in [0.5, 0.6) is 0 Å². The zero-order valence-electron chi connectivity index (χ0n) is 18.0. The fraction of sp³-hybridized carbons (Fsp3) is 0.500. The van der Waals surface area contributed by atoms with Crippen molar-refractivity contribution in [1.82, 2.24) is 20.0 Å². The molecule has 3 aliphatic rings. The molecule has 1 saturated heterocycles. The molecule has 168 valence electrons. The minimum Gasteiger partial charge on any atom is -0.339 e. The number of fused-ring (bicyclic) bond motifs is 1. The van der Waals surface area contributed by atoms with Gasteiger partial charge in [0.15, 0.2) is 0 Å². The van der Waals surface area contributed by atoms with E-state index in [2.05, 4.69) is 10.2 Å². The standard InChI is InChI=1S/C24H27FN4O3/c25-20-8-5-15(14-21-17-3-1-2-4-18(17)22(30)27-26-21)13-19(20)24(32)29-11-9-28(10-12-29)23(31)16-6-7-16/h5,8,13,16H,1-4,6-7,9-12,14H2,(H,27,30). The lowest BCUT2D eigenvalue weighted by atomic mass is 9.90. The third-order valence-corrected chi connectivity index (χ3v) is 6.82. The van der Waals surface area contributed by atoms with Gasteiger partial charge in [0.2, 0.25) is 5.91 Å². The Morgan fingerprint density at radius 1 is 1.03 bits per heavy atom. The summed E-state index contributed by atoms with van der Waals surface area (Å²) < 4.78 is 14.6. The van der Waals surface area contributed by atoms with Gasteiger partial charge < -0.3 is 9.80 Å². The van der Waals surface area contributed by atoms with E-state index in [1.165, 1.54) is 6.07 Å². The number of hydrogen-bond acceptors (Lipinski definition) is 4. The van der Waals surface area contributed by atoms with Crippen LogP contribution in [0.15, 0.2) is 23.0 Å². The van der Waals surface area contributed by atoms with Crippen LogP contribution in [0, 0.1) is 11.7 Å². The molecule has 0 bridgehead atoms. The second kappa shape index (κ2) is 8.48. The molecule has 7 nitrogen and oxygen atoms in total. The van der Waals surface area contributed by atoms with Crippen LogP contribution in [-0.4, -0.2) is 58.0 Å². The second-order valence-corrected chi connectivity index (χ2v) is 9.05. The number of rotatable bonds is 4. The van der Waals surface area contributed by atoms with Crippen molar-refractivity contribution in [2.45, 2.75) is 44.9 Å². The number of H-pyrrole nitrogens is 1. The first kappa shape index (κ1) is 20.8. The molecule has 0 spiro atoms. The lowest BCUT2D eigenvalue weighted by molar-refractivity contribution is -0.134. The molecular weight excluding hydrogens is 411 g/mol. The maximum absolute atomic E-state index is 14.6. The SMILES string of the molecule is O=C(c1cc(Cc2n[nH]c(=O)c3c2CCCC3)ccc1F)N1CCN(C(=O)C2CC2)CC1. The largest absolute Gasteiger partial charge is 0.339 e. The number of carbonyl (C=O) groups excluding carboxylic acids is 2. The van der Waals surface area contributed by atoms with Gasteiger partial charge in [-0.05, 0) is 61.8 Å². The van der Waals surface area contributed by atoms with Crippen LogP contribution in [-0.2, 0) is 24.1 Å². The van der Waals surface area contributed by atoms with Crippen LogP contribution in [0.25, 0.3) is 0 Å². The predicted molar refractivity (Wildman–Crippen MR) is 116 cm³/mol. The number of aromatic amines is 1. The van der Waals surface area contributed by atoms with Gasteiger partial charge in [-0.2, -0.15) is 5.10 Å². The molecule has 2 heterocycles. The number of amides is 2. The van der Waals surface area contributed by atoms with Crippen LogP contribution in [0.4, 0.5) is 4.39 Å². The maximum Gasteiger partial charge on any atom is 0.267 e. The highest BCUT2D eigenvalue weighted by Crippen LogP contribution is 2.31. The Morgan fingerprint density at radius 3 is 2.44 bits per heavy atom. The third kappa shape index (κ3) is 4.06. The predicted octanol–water partition coefficient (Wildman–Crippen LogP) is 2.07. The van der Waals surface area contributed by atoms with Gasteiger partial charge in [-0.15, -0.1) is 0 Å². The minimum absolute atomic E-state index is 0.0442. The quantitative estimate of drug-likeness (QED) is 0.792. The van der Waals surface area contributed by atoms with Gasteiger partial charge in [0.1, 0.15) is 5.82 Å². The first-order chi connectivity index (χ1) is 15.5. The highest BCUT2D eigenvalue weighted by molar-refractivity contribution is 5.95. The Kier molecular flexibility index (Phi) is 5.53. The summed E-state index contributed by atoms with van der Waals surface area (Å²) in [6, 6.07) is 4.59. The summed E-state index contributed by atoms with van der Waals surface area (Å²) in [5, 5.41) is 6.84. The molecule has 0 radical (unpaired) electrons. The number of nitrogens with zero attached hydrogens (tertiary/aromatic N) is 3. The van der Waals surface area contributed by atoms with Gasteiger partial charge >= 0.3 is 0 Å². The van der Waals surface area contributed by atoms with Crippen LogP contribution >= 0.6 is 0 Å². The van der Waals surface area contributed by atoms with Crippen LogP contribution in [0.3, 0.4) is 0 Å². The molecule has 2 aliphatic carbocycles. The topological polar surface area (TPSA) is 86.4 Å². The Labute approximate surface area is 185 Å². The van der Waals surface area contributed by atoms with Crippen molar-refractivity contribution in [3.63, 3.8) is 0 Å². The van der Waals surface area contributed by atoms with Crippen molar-refractivity contribution in [2.75, 3.05) is 26.2 Å². The Balaban J connectivity index is 1.32. The molecule has 1 N–H and O–H groups in total. The van der Waals surface area contributed by atoms with E-state index in [4.69, 9.17) is 0 Å². The normalized spacial score (nSPS) is 18.4. The van der Waals surface area contributed by atoms with Gasteiger partial charge in [-0.25, -0.2) is 9.49 Å². The zero-order valence-corrected chi connectivity index (χ0v) is 18.0. The summed E-state index contributed by atoms with van der Waals surface area (Å²) in [5.74, 6) is -0.549. The molecule has 2 aromatic rings. The van der Waals surface area contributed by atoms with E-state index in [-0.39, 0.29) is 28.9 Å². The van der Waals surface area contributed by atoms with E-state index in [1.54, 1.807) is 17.0 Å². The fourth-order valence-electron chi connectivity index (χ4n) is 4.80. The van der Waals surface area contributed by atoms with E-state index < -0.39 is 5.82 Å². The molecular formula is C24H27FN4O3. The van der Waals surface area contributed by atoms with E-state index in [0.717, 1.165) is 60.9 Å². The first-order valence-corrected chi connectivity index (χ1v) is 11.5. The number of nitrogens with one attached hydrogen (secondary N) is 1. The average Bonchev–Trinajstić information content (AvgIpc) is 3.67. The molecule has 1 aromatic carbocycles. The minimum atomic E-state index is -0.549. The summed E-state index contributed by atoms with van der Waals surface area (Å²) in [4.78, 5) is 40.8. The molecule has 8 heteroatoms. The molecule has 5 rings (SSSR count). The molecule has 1 aromatic heterocycles. The maximum atomic E-state index is 14.6. The van der Waals surface area contributed by atoms with Gasteiger partial charge in [-0.3, -0.25) is 14.4 Å². The average molecular weight is 439 g/mol. The van der Waals surface area contributed by atoms with Crippen molar-refractivity contribution >= 4 is 11.8 Å². The van der Waals surface area contributed by atoms with E-state index >= 15 is 0 Å². The Morgan fingerprint density at radius 2 is 1.72 bits per heavy atom. The Hall–Kier alpha value is -3.03. The van der Waals surface area contributed by atoms with Crippen molar-refractivity contribution in [3.8, 4) is 0 Å². The summed E-state index contributed by atoms with van der Waals surface area (Å²) >= 11 is 0. The van der Waals surface area contributed by atoms with E-state index in [1.807, 2.05) is 4.90 Å². The fourth-order valence-corrected chi connectivity index (χ4v) is 4.80. The second-order valence-electron chi connectivity index (χ2n) is 9.05. The number of halogens is 1. The van der Waals surface area contributed by atoms with Crippen molar-refractivity contribution in [1.29, 1.82) is 0 Å². The lowest BCUT2D eigenvalue weighted by Gasteiger charge is -2.35. The smallest absolute Gasteiger partial charge is 0.267 e. The van der Waals surface area contributed by atoms with E-state index in [9.17, 15) is 18.8 Å². The molecule has 1 saturated carbocycles. The van der Waals surface area contributed by atoms with E-state index in [0.29, 0.717) is 32.6 Å². The summed E-state index contributed by atoms with van der Waals surface area (Å²) in [7, 11) is 0. The first-order valence-electron chi connectivity index (χ1n) is 11.5. The highest BCUT2D eigenvalue weighted by atomic mass is 19.1. The van der Waals surface area contributed by atoms with Crippen molar-refractivity contribution in [3.05, 3.63) is 62.3 Å². The number of carbonyl (C=O) groups is 2. The molecule has 2 fully saturated rings. The molecule has 0 unspecified atom stereocenters. The molecule has 2 amide bonds. The zero-order chi connectivity index (χ0) is 22.2.